The van der Waals surface area contributed by atoms with Crippen molar-refractivity contribution in [1.29, 1.82) is 5.26 Å². The average Bonchev–Trinajstić information content (AvgIpc) is 2.46. The second-order valence-corrected chi connectivity index (χ2v) is 5.42. The fraction of sp³-hybridized carbons (Fsp3) is 0.467. The van der Waals surface area contributed by atoms with Gasteiger partial charge in [0.15, 0.2) is 0 Å². The smallest absolute Gasteiger partial charge is 0.326 e. The monoisotopic (exact) mass is 287 g/mol. The van der Waals surface area contributed by atoms with Crippen LogP contribution >= 0.6 is 0 Å². The predicted octanol–water partition coefficient (Wildman–Crippen LogP) is 1.59. The zero-order valence-electron chi connectivity index (χ0n) is 12.0. The number of carbonyl (C=O) groups excluding carboxylic acids is 1. The van der Waals surface area contributed by atoms with Crippen LogP contribution in [0.5, 0.6) is 0 Å². The molecular weight excluding hydrogens is 270 g/mol. The van der Waals surface area contributed by atoms with Crippen LogP contribution in [0.3, 0.4) is 0 Å². The van der Waals surface area contributed by atoms with Crippen molar-refractivity contribution in [1.82, 2.24) is 9.88 Å². The first-order valence-electron chi connectivity index (χ1n) is 6.85. The number of likely N-dealkylation sites (tertiary alicyclic amines) is 1. The molecule has 1 saturated heterocycles. The van der Waals surface area contributed by atoms with Crippen LogP contribution in [0.4, 0.5) is 0 Å². The Kier molecular flexibility index (Phi) is 4.22. The number of pyridine rings is 1. The minimum absolute atomic E-state index is 0.187. The first-order valence-corrected chi connectivity index (χ1v) is 6.85. The second-order valence-electron chi connectivity index (χ2n) is 5.42. The molecule has 2 atom stereocenters. The van der Waals surface area contributed by atoms with Gasteiger partial charge < -0.3 is 10.0 Å². The summed E-state index contributed by atoms with van der Waals surface area (Å²) in [7, 11) is 0. The number of aryl methyl sites for hydroxylation is 1. The van der Waals surface area contributed by atoms with E-state index in [1.807, 2.05) is 13.0 Å². The highest BCUT2D eigenvalue weighted by Crippen LogP contribution is 2.24. The van der Waals surface area contributed by atoms with Gasteiger partial charge in [-0.25, -0.2) is 9.78 Å². The molecule has 21 heavy (non-hydrogen) atoms. The lowest BCUT2D eigenvalue weighted by molar-refractivity contribution is -0.144. The molecule has 0 radical (unpaired) electrons. The maximum atomic E-state index is 12.5. The summed E-state index contributed by atoms with van der Waals surface area (Å²) in [6.07, 6.45) is 1.24. The third kappa shape index (κ3) is 3.02. The molecule has 1 N–H and O–H groups in total. The maximum Gasteiger partial charge on any atom is 0.326 e. The number of nitrogens with zero attached hydrogens (tertiary/aromatic N) is 3. The lowest BCUT2D eigenvalue weighted by Crippen LogP contribution is -2.50. The summed E-state index contributed by atoms with van der Waals surface area (Å²) in [6, 6.07) is 4.20. The molecule has 1 aliphatic rings. The van der Waals surface area contributed by atoms with E-state index >= 15 is 0 Å². The van der Waals surface area contributed by atoms with Crippen molar-refractivity contribution in [3.8, 4) is 6.07 Å². The number of aromatic nitrogens is 1. The average molecular weight is 287 g/mol. The van der Waals surface area contributed by atoms with Gasteiger partial charge in [-0.15, -0.1) is 0 Å². The normalized spacial score (nSPS) is 21.7. The summed E-state index contributed by atoms with van der Waals surface area (Å²) in [5.41, 5.74) is 1.07. The van der Waals surface area contributed by atoms with Crippen LogP contribution in [0.25, 0.3) is 0 Å². The third-order valence-corrected chi connectivity index (χ3v) is 3.84. The molecule has 1 amide bonds. The number of carbonyl (C=O) groups is 2. The SMILES string of the molecule is Cc1nc(C(=O)N2CCC(C)CC2C(=O)O)ccc1C#N. The lowest BCUT2D eigenvalue weighted by atomic mass is 9.92. The highest BCUT2D eigenvalue weighted by atomic mass is 16.4. The highest BCUT2D eigenvalue weighted by Gasteiger charge is 2.35. The van der Waals surface area contributed by atoms with Crippen molar-refractivity contribution in [2.45, 2.75) is 32.7 Å². The van der Waals surface area contributed by atoms with Gasteiger partial charge in [0, 0.05) is 6.54 Å². The van der Waals surface area contributed by atoms with E-state index in [0.29, 0.717) is 24.2 Å². The van der Waals surface area contributed by atoms with Crippen LogP contribution in [-0.4, -0.2) is 39.5 Å². The van der Waals surface area contributed by atoms with Gasteiger partial charge >= 0.3 is 5.97 Å². The van der Waals surface area contributed by atoms with Gasteiger partial charge in [0.2, 0.25) is 0 Å². The molecule has 1 aromatic heterocycles. The topological polar surface area (TPSA) is 94.3 Å². The minimum atomic E-state index is -0.986. The Labute approximate surface area is 123 Å². The fourth-order valence-corrected chi connectivity index (χ4v) is 2.56. The summed E-state index contributed by atoms with van der Waals surface area (Å²) in [5.74, 6) is -1.09. The number of amides is 1. The molecule has 110 valence electrons. The van der Waals surface area contributed by atoms with E-state index in [0.717, 1.165) is 6.42 Å². The van der Waals surface area contributed by atoms with E-state index in [4.69, 9.17) is 5.26 Å². The first kappa shape index (κ1) is 15.0. The van der Waals surface area contributed by atoms with E-state index in [2.05, 4.69) is 4.98 Å². The molecule has 2 heterocycles. The van der Waals surface area contributed by atoms with Crippen molar-refractivity contribution in [2.24, 2.45) is 5.92 Å². The number of rotatable bonds is 2. The summed E-state index contributed by atoms with van der Waals surface area (Å²) in [4.78, 5) is 29.3. The van der Waals surface area contributed by atoms with E-state index in [1.165, 1.54) is 17.0 Å². The van der Waals surface area contributed by atoms with Gasteiger partial charge in [-0.1, -0.05) is 6.92 Å². The summed E-state index contributed by atoms with van der Waals surface area (Å²) in [6.45, 7) is 4.06. The zero-order chi connectivity index (χ0) is 15.6. The van der Waals surface area contributed by atoms with Crippen molar-refractivity contribution in [3.05, 3.63) is 29.1 Å². The van der Waals surface area contributed by atoms with Gasteiger partial charge in [-0.2, -0.15) is 5.26 Å². The lowest BCUT2D eigenvalue weighted by Gasteiger charge is -2.35. The highest BCUT2D eigenvalue weighted by molar-refractivity contribution is 5.95. The number of carboxylic acid groups (broad SMARTS) is 1. The largest absolute Gasteiger partial charge is 0.480 e. The van der Waals surface area contributed by atoms with Gasteiger partial charge in [-0.3, -0.25) is 4.79 Å². The molecule has 0 saturated carbocycles. The van der Waals surface area contributed by atoms with Crippen LogP contribution < -0.4 is 0 Å². The Hall–Kier alpha value is -2.42. The Bertz CT molecular complexity index is 621. The molecule has 1 aromatic rings. The Morgan fingerprint density at radius 1 is 1.48 bits per heavy atom. The van der Waals surface area contributed by atoms with Gasteiger partial charge in [0.05, 0.1) is 11.3 Å². The zero-order valence-corrected chi connectivity index (χ0v) is 12.0. The van der Waals surface area contributed by atoms with E-state index in [9.17, 15) is 14.7 Å². The van der Waals surface area contributed by atoms with E-state index < -0.39 is 12.0 Å². The van der Waals surface area contributed by atoms with Gasteiger partial charge in [0.25, 0.3) is 5.91 Å². The quantitative estimate of drug-likeness (QED) is 0.891. The molecule has 0 bridgehead atoms. The van der Waals surface area contributed by atoms with Crippen LogP contribution in [0.1, 0.15) is 41.5 Å². The molecule has 6 heteroatoms. The number of piperidine rings is 1. The number of hydrogen-bond donors (Lipinski definition) is 1. The van der Waals surface area contributed by atoms with Crippen molar-refractivity contribution < 1.29 is 14.7 Å². The number of carboxylic acids is 1. The summed E-state index contributed by atoms with van der Waals surface area (Å²) >= 11 is 0. The van der Waals surface area contributed by atoms with Crippen LogP contribution in [0.15, 0.2) is 12.1 Å². The Morgan fingerprint density at radius 2 is 2.19 bits per heavy atom. The number of hydrogen-bond acceptors (Lipinski definition) is 4. The molecule has 2 unspecified atom stereocenters. The van der Waals surface area contributed by atoms with Crippen molar-refractivity contribution >= 4 is 11.9 Å². The first-order chi connectivity index (χ1) is 9.93. The number of nitriles is 1. The standard InChI is InChI=1S/C15H17N3O3/c1-9-5-6-18(13(7-9)15(20)21)14(19)12-4-3-11(8-16)10(2)17-12/h3-4,9,13H,5-7H2,1-2H3,(H,20,21). The fourth-order valence-electron chi connectivity index (χ4n) is 2.56. The van der Waals surface area contributed by atoms with Gasteiger partial charge in [-0.05, 0) is 37.8 Å². The maximum absolute atomic E-state index is 12.5. The second kappa shape index (κ2) is 5.92. The Morgan fingerprint density at radius 3 is 2.76 bits per heavy atom. The number of aliphatic carboxylic acids is 1. The predicted molar refractivity (Wildman–Crippen MR) is 74.5 cm³/mol. The van der Waals surface area contributed by atoms with Crippen LogP contribution in [-0.2, 0) is 4.79 Å². The Balaban J connectivity index is 2.28. The molecule has 1 fully saturated rings. The molecule has 0 aromatic carbocycles. The molecule has 6 nitrogen and oxygen atoms in total. The minimum Gasteiger partial charge on any atom is -0.480 e. The molecule has 2 rings (SSSR count). The van der Waals surface area contributed by atoms with E-state index in [1.54, 1.807) is 6.92 Å². The van der Waals surface area contributed by atoms with E-state index in [-0.39, 0.29) is 17.5 Å². The van der Waals surface area contributed by atoms with Crippen LogP contribution in [0, 0.1) is 24.2 Å². The van der Waals surface area contributed by atoms with Crippen molar-refractivity contribution in [3.63, 3.8) is 0 Å². The molecule has 0 spiro atoms. The molecule has 1 aliphatic heterocycles. The van der Waals surface area contributed by atoms with Gasteiger partial charge in [0.1, 0.15) is 17.8 Å². The molecule has 0 aliphatic carbocycles. The van der Waals surface area contributed by atoms with Crippen molar-refractivity contribution in [2.75, 3.05) is 6.54 Å². The summed E-state index contributed by atoms with van der Waals surface area (Å²) in [5, 5.41) is 18.2. The third-order valence-electron chi connectivity index (χ3n) is 3.84. The molecular formula is C15H17N3O3. The summed E-state index contributed by atoms with van der Waals surface area (Å²) < 4.78 is 0. The van der Waals surface area contributed by atoms with Crippen LogP contribution in [0.2, 0.25) is 0 Å².